The molecule has 0 saturated heterocycles. The zero-order valence-electron chi connectivity index (χ0n) is 11.7. The molecule has 0 aromatic heterocycles. The second kappa shape index (κ2) is 7.30. The maximum atomic E-state index is 11.8. The van der Waals surface area contributed by atoms with Crippen molar-refractivity contribution < 1.29 is 4.79 Å². The van der Waals surface area contributed by atoms with Gasteiger partial charge in [0, 0.05) is 16.4 Å². The number of benzene rings is 1. The zero-order valence-corrected chi connectivity index (χ0v) is 14.0. The summed E-state index contributed by atoms with van der Waals surface area (Å²) in [7, 11) is 0. The fourth-order valence-electron chi connectivity index (χ4n) is 1.86. The zero-order chi connectivity index (χ0) is 14.5. The topological polar surface area (TPSA) is 29.1 Å². The van der Waals surface area contributed by atoms with Gasteiger partial charge in [0.05, 0.1) is 6.42 Å². The van der Waals surface area contributed by atoms with Gasteiger partial charge in [-0.3, -0.25) is 4.79 Å². The third-order valence-electron chi connectivity index (χ3n) is 2.61. The third kappa shape index (κ3) is 7.58. The first kappa shape index (κ1) is 16.5. The highest BCUT2D eigenvalue weighted by atomic mass is 79.9. The lowest BCUT2D eigenvalue weighted by Crippen LogP contribution is -2.32. The average molecular weight is 347 g/mol. The Labute approximate surface area is 129 Å². The standard InChI is InChI=1S/C15H21BrClNO/c1-15(2,3)9-12(16)10-18-14(19)8-11-5-4-6-13(17)7-11/h4-7,12H,8-10H2,1-3H3,(H,18,19). The summed E-state index contributed by atoms with van der Waals surface area (Å²) in [4.78, 5) is 12.1. The molecule has 0 aliphatic rings. The van der Waals surface area contributed by atoms with Gasteiger partial charge in [0.2, 0.25) is 5.91 Å². The summed E-state index contributed by atoms with van der Waals surface area (Å²) in [5.74, 6) is 0.0284. The fraction of sp³-hybridized carbons (Fsp3) is 0.533. The van der Waals surface area contributed by atoms with Gasteiger partial charge in [-0.15, -0.1) is 0 Å². The summed E-state index contributed by atoms with van der Waals surface area (Å²) < 4.78 is 0. The lowest BCUT2D eigenvalue weighted by atomic mass is 9.90. The highest BCUT2D eigenvalue weighted by Gasteiger charge is 2.17. The van der Waals surface area contributed by atoms with E-state index in [-0.39, 0.29) is 11.3 Å². The Morgan fingerprint density at radius 2 is 2.11 bits per heavy atom. The second-order valence-electron chi connectivity index (χ2n) is 5.97. The molecule has 1 aromatic rings. The van der Waals surface area contributed by atoms with Gasteiger partial charge in [-0.1, -0.05) is 60.4 Å². The molecule has 0 aliphatic heterocycles. The first-order valence-corrected chi connectivity index (χ1v) is 7.71. The molecule has 1 amide bonds. The van der Waals surface area contributed by atoms with Gasteiger partial charge in [-0.25, -0.2) is 0 Å². The average Bonchev–Trinajstić information content (AvgIpc) is 2.24. The van der Waals surface area contributed by atoms with Gasteiger partial charge in [-0.05, 0) is 29.5 Å². The number of halogens is 2. The van der Waals surface area contributed by atoms with Crippen LogP contribution in [0.15, 0.2) is 24.3 Å². The molecule has 0 saturated carbocycles. The summed E-state index contributed by atoms with van der Waals surface area (Å²) in [6, 6.07) is 7.40. The first-order chi connectivity index (χ1) is 8.76. The van der Waals surface area contributed by atoms with E-state index in [1.54, 1.807) is 6.07 Å². The van der Waals surface area contributed by atoms with Crippen LogP contribution in [0.2, 0.25) is 5.02 Å². The summed E-state index contributed by atoms with van der Waals surface area (Å²) in [6.45, 7) is 7.22. The number of carbonyl (C=O) groups is 1. The van der Waals surface area contributed by atoms with Crippen LogP contribution in [0.5, 0.6) is 0 Å². The van der Waals surface area contributed by atoms with E-state index in [4.69, 9.17) is 11.6 Å². The Balaban J connectivity index is 2.36. The molecule has 2 nitrogen and oxygen atoms in total. The summed E-state index contributed by atoms with van der Waals surface area (Å²) in [6.07, 6.45) is 1.39. The molecule has 0 bridgehead atoms. The Bertz CT molecular complexity index is 428. The minimum absolute atomic E-state index is 0.0284. The lowest BCUT2D eigenvalue weighted by molar-refractivity contribution is -0.120. The van der Waals surface area contributed by atoms with Crippen LogP contribution in [0.4, 0.5) is 0 Å². The van der Waals surface area contributed by atoms with Crippen molar-refractivity contribution in [2.24, 2.45) is 5.41 Å². The Kier molecular flexibility index (Phi) is 6.34. The van der Waals surface area contributed by atoms with Crippen molar-refractivity contribution in [2.45, 2.75) is 38.4 Å². The molecule has 0 radical (unpaired) electrons. The van der Waals surface area contributed by atoms with E-state index in [1.807, 2.05) is 18.2 Å². The predicted octanol–water partition coefficient (Wildman–Crippen LogP) is 4.20. The van der Waals surface area contributed by atoms with Gasteiger partial charge in [-0.2, -0.15) is 0 Å². The molecule has 1 aromatic carbocycles. The van der Waals surface area contributed by atoms with E-state index in [0.29, 0.717) is 22.8 Å². The highest BCUT2D eigenvalue weighted by Crippen LogP contribution is 2.24. The molecule has 0 heterocycles. The molecule has 4 heteroatoms. The van der Waals surface area contributed by atoms with Crippen LogP contribution in [0.1, 0.15) is 32.8 Å². The molecule has 1 N–H and O–H groups in total. The molecule has 106 valence electrons. The van der Waals surface area contributed by atoms with Gasteiger partial charge in [0.1, 0.15) is 0 Å². The monoisotopic (exact) mass is 345 g/mol. The van der Waals surface area contributed by atoms with E-state index in [0.717, 1.165) is 12.0 Å². The highest BCUT2D eigenvalue weighted by molar-refractivity contribution is 9.09. The van der Waals surface area contributed by atoms with Gasteiger partial charge in [0.25, 0.3) is 0 Å². The fourth-order valence-corrected chi connectivity index (χ4v) is 3.20. The maximum Gasteiger partial charge on any atom is 0.224 e. The minimum atomic E-state index is 0.0284. The SMILES string of the molecule is CC(C)(C)CC(Br)CNC(=O)Cc1cccc(Cl)c1. The summed E-state index contributed by atoms with van der Waals surface area (Å²) >= 11 is 9.49. The number of nitrogens with one attached hydrogen (secondary N) is 1. The summed E-state index contributed by atoms with van der Waals surface area (Å²) in [5, 5.41) is 3.61. The number of hydrogen-bond acceptors (Lipinski definition) is 1. The predicted molar refractivity (Wildman–Crippen MR) is 85.0 cm³/mol. The van der Waals surface area contributed by atoms with E-state index < -0.39 is 0 Å². The molecule has 1 atom stereocenters. The molecule has 1 rings (SSSR count). The molecule has 0 spiro atoms. The first-order valence-electron chi connectivity index (χ1n) is 6.41. The van der Waals surface area contributed by atoms with Crippen LogP contribution in [-0.4, -0.2) is 17.3 Å². The third-order valence-corrected chi connectivity index (χ3v) is 3.49. The van der Waals surface area contributed by atoms with Crippen LogP contribution in [0.25, 0.3) is 0 Å². The quantitative estimate of drug-likeness (QED) is 0.795. The summed E-state index contributed by atoms with van der Waals surface area (Å²) in [5.41, 5.74) is 1.19. The molecule has 19 heavy (non-hydrogen) atoms. The Morgan fingerprint density at radius 1 is 1.42 bits per heavy atom. The van der Waals surface area contributed by atoms with Crippen molar-refractivity contribution in [3.8, 4) is 0 Å². The maximum absolute atomic E-state index is 11.8. The van der Waals surface area contributed by atoms with Crippen molar-refractivity contribution in [1.82, 2.24) is 5.32 Å². The molecule has 1 unspecified atom stereocenters. The van der Waals surface area contributed by atoms with Crippen LogP contribution in [0.3, 0.4) is 0 Å². The number of amides is 1. The number of carbonyl (C=O) groups excluding carboxylic acids is 1. The van der Waals surface area contributed by atoms with Crippen molar-refractivity contribution in [3.63, 3.8) is 0 Å². The van der Waals surface area contributed by atoms with Crippen LogP contribution in [0, 0.1) is 5.41 Å². The molecular weight excluding hydrogens is 326 g/mol. The van der Waals surface area contributed by atoms with Crippen LogP contribution >= 0.6 is 27.5 Å². The largest absolute Gasteiger partial charge is 0.355 e. The number of alkyl halides is 1. The Hall–Kier alpha value is -0.540. The minimum Gasteiger partial charge on any atom is -0.355 e. The smallest absolute Gasteiger partial charge is 0.224 e. The van der Waals surface area contributed by atoms with Crippen molar-refractivity contribution in [3.05, 3.63) is 34.9 Å². The van der Waals surface area contributed by atoms with Crippen molar-refractivity contribution >= 4 is 33.4 Å². The van der Waals surface area contributed by atoms with Gasteiger partial charge < -0.3 is 5.32 Å². The lowest BCUT2D eigenvalue weighted by Gasteiger charge is -2.22. The Morgan fingerprint density at radius 3 is 2.68 bits per heavy atom. The van der Waals surface area contributed by atoms with Crippen LogP contribution in [-0.2, 0) is 11.2 Å². The van der Waals surface area contributed by atoms with E-state index in [2.05, 4.69) is 42.0 Å². The van der Waals surface area contributed by atoms with Crippen LogP contribution < -0.4 is 5.32 Å². The number of hydrogen-bond donors (Lipinski definition) is 1. The van der Waals surface area contributed by atoms with E-state index >= 15 is 0 Å². The normalized spacial score (nSPS) is 13.1. The van der Waals surface area contributed by atoms with E-state index in [9.17, 15) is 4.79 Å². The number of rotatable bonds is 5. The molecule has 0 aliphatic carbocycles. The van der Waals surface area contributed by atoms with Crippen molar-refractivity contribution in [2.75, 3.05) is 6.54 Å². The van der Waals surface area contributed by atoms with E-state index in [1.165, 1.54) is 0 Å². The van der Waals surface area contributed by atoms with Crippen molar-refractivity contribution in [1.29, 1.82) is 0 Å². The van der Waals surface area contributed by atoms with Gasteiger partial charge >= 0.3 is 0 Å². The molecular formula is C15H21BrClNO. The molecule has 0 fully saturated rings. The second-order valence-corrected chi connectivity index (χ2v) is 7.70. The van der Waals surface area contributed by atoms with Gasteiger partial charge in [0.15, 0.2) is 0 Å².